The van der Waals surface area contributed by atoms with Gasteiger partial charge in [-0.3, -0.25) is 0 Å². The molecule has 0 amide bonds. The van der Waals surface area contributed by atoms with E-state index in [2.05, 4.69) is 17.1 Å². The zero-order chi connectivity index (χ0) is 8.97. The van der Waals surface area contributed by atoms with E-state index in [1.54, 1.807) is 0 Å². The van der Waals surface area contributed by atoms with Crippen molar-refractivity contribution in [3.8, 4) is 6.08 Å². The maximum Gasteiger partial charge on any atom is 0.414 e. The highest BCUT2D eigenvalue weighted by Gasteiger charge is 2.06. The maximum absolute atomic E-state index is 5.20. The van der Waals surface area contributed by atoms with Gasteiger partial charge in [0.05, 0.1) is 6.10 Å². The molecule has 0 radical (unpaired) electrons. The number of hydrogen-bond donors (Lipinski definition) is 0. The predicted octanol–water partition coefficient (Wildman–Crippen LogP) is 1.81. The van der Waals surface area contributed by atoms with Gasteiger partial charge in [0.2, 0.25) is 5.89 Å². The standard InChI is InChI=1S/C8H14N2O2/c1-4-5-7-9-10-8(12-7)11-6(2)3/h6H,4-5H2,1-3H3. The van der Waals surface area contributed by atoms with Crippen LogP contribution in [0.25, 0.3) is 0 Å². The molecule has 0 N–H and O–H groups in total. The molecule has 12 heavy (non-hydrogen) atoms. The van der Waals surface area contributed by atoms with Crippen LogP contribution in [0, 0.1) is 0 Å². The van der Waals surface area contributed by atoms with Crippen molar-refractivity contribution in [3.63, 3.8) is 0 Å². The van der Waals surface area contributed by atoms with Crippen LogP contribution in [0.3, 0.4) is 0 Å². The molecule has 4 heteroatoms. The summed E-state index contributed by atoms with van der Waals surface area (Å²) < 4.78 is 10.4. The number of nitrogens with zero attached hydrogens (tertiary/aromatic N) is 2. The second-order valence-electron chi connectivity index (χ2n) is 2.88. The maximum atomic E-state index is 5.20. The van der Waals surface area contributed by atoms with Gasteiger partial charge in [0.1, 0.15) is 0 Å². The van der Waals surface area contributed by atoms with Crippen molar-refractivity contribution in [2.45, 2.75) is 39.7 Å². The summed E-state index contributed by atoms with van der Waals surface area (Å²) in [6.07, 6.45) is 2.17. The molecule has 0 saturated carbocycles. The molecule has 0 aliphatic carbocycles. The molecule has 0 aliphatic heterocycles. The predicted molar refractivity (Wildman–Crippen MR) is 44.1 cm³/mol. The Morgan fingerprint density at radius 1 is 1.42 bits per heavy atom. The molecule has 0 aliphatic rings. The molecule has 0 bridgehead atoms. The average Bonchev–Trinajstić information content (AvgIpc) is 2.36. The fourth-order valence-corrected chi connectivity index (χ4v) is 0.802. The number of ether oxygens (including phenoxy) is 1. The van der Waals surface area contributed by atoms with Crippen LogP contribution >= 0.6 is 0 Å². The Bertz CT molecular complexity index is 233. The minimum Gasteiger partial charge on any atom is -0.446 e. The third-order valence-electron chi connectivity index (χ3n) is 1.25. The summed E-state index contributed by atoms with van der Waals surface area (Å²) in [6, 6.07) is 0. The van der Waals surface area contributed by atoms with Gasteiger partial charge in [-0.25, -0.2) is 0 Å². The first-order chi connectivity index (χ1) is 5.72. The van der Waals surface area contributed by atoms with Gasteiger partial charge >= 0.3 is 6.08 Å². The molecule has 68 valence electrons. The van der Waals surface area contributed by atoms with Gasteiger partial charge in [0, 0.05) is 6.42 Å². The van der Waals surface area contributed by atoms with E-state index in [9.17, 15) is 0 Å². The van der Waals surface area contributed by atoms with Gasteiger partial charge in [0.15, 0.2) is 0 Å². The molecule has 0 spiro atoms. The molecule has 4 nitrogen and oxygen atoms in total. The van der Waals surface area contributed by atoms with Crippen LogP contribution in [0.4, 0.5) is 0 Å². The molecule has 0 atom stereocenters. The fraction of sp³-hybridized carbons (Fsp3) is 0.750. The minimum atomic E-state index is 0.0833. The largest absolute Gasteiger partial charge is 0.446 e. The summed E-state index contributed by atoms with van der Waals surface area (Å²) in [6.45, 7) is 5.90. The van der Waals surface area contributed by atoms with E-state index in [4.69, 9.17) is 9.15 Å². The Kier molecular flexibility index (Phi) is 3.08. The van der Waals surface area contributed by atoms with Crippen molar-refractivity contribution >= 4 is 0 Å². The van der Waals surface area contributed by atoms with Crippen LogP contribution in [0.2, 0.25) is 0 Å². The molecule has 0 fully saturated rings. The number of aryl methyl sites for hydroxylation is 1. The van der Waals surface area contributed by atoms with E-state index in [1.807, 2.05) is 13.8 Å². The Labute approximate surface area is 71.9 Å². The van der Waals surface area contributed by atoms with Crippen molar-refractivity contribution in [1.82, 2.24) is 10.2 Å². The van der Waals surface area contributed by atoms with Crippen LogP contribution < -0.4 is 4.74 Å². The van der Waals surface area contributed by atoms with E-state index in [0.717, 1.165) is 12.8 Å². The summed E-state index contributed by atoms with van der Waals surface area (Å²) in [5, 5.41) is 7.55. The van der Waals surface area contributed by atoms with Gasteiger partial charge in [-0.2, -0.15) is 0 Å². The lowest BCUT2D eigenvalue weighted by molar-refractivity contribution is 0.172. The first-order valence-corrected chi connectivity index (χ1v) is 4.21. The van der Waals surface area contributed by atoms with Crippen LogP contribution in [-0.4, -0.2) is 16.3 Å². The third kappa shape index (κ3) is 2.53. The summed E-state index contributed by atoms with van der Waals surface area (Å²) in [7, 11) is 0. The van der Waals surface area contributed by atoms with E-state index >= 15 is 0 Å². The van der Waals surface area contributed by atoms with Gasteiger partial charge in [-0.05, 0) is 20.3 Å². The Hall–Kier alpha value is -1.06. The molecule has 1 rings (SSSR count). The smallest absolute Gasteiger partial charge is 0.414 e. The summed E-state index contributed by atoms with van der Waals surface area (Å²) in [5.41, 5.74) is 0. The Balaban J connectivity index is 2.52. The van der Waals surface area contributed by atoms with Gasteiger partial charge in [0.25, 0.3) is 0 Å². The summed E-state index contributed by atoms with van der Waals surface area (Å²) >= 11 is 0. The highest BCUT2D eigenvalue weighted by molar-refractivity contribution is 4.86. The van der Waals surface area contributed by atoms with E-state index in [1.165, 1.54) is 0 Å². The van der Waals surface area contributed by atoms with Crippen LogP contribution in [0.1, 0.15) is 33.1 Å². The lowest BCUT2D eigenvalue weighted by Crippen LogP contribution is -2.05. The second-order valence-corrected chi connectivity index (χ2v) is 2.88. The third-order valence-corrected chi connectivity index (χ3v) is 1.25. The SMILES string of the molecule is CCCc1nnc(OC(C)C)o1. The molecule has 0 unspecified atom stereocenters. The van der Waals surface area contributed by atoms with Crippen LogP contribution in [0.15, 0.2) is 4.42 Å². The number of hydrogen-bond acceptors (Lipinski definition) is 4. The van der Waals surface area contributed by atoms with Crippen molar-refractivity contribution in [1.29, 1.82) is 0 Å². The zero-order valence-electron chi connectivity index (χ0n) is 7.70. The summed E-state index contributed by atoms with van der Waals surface area (Å²) in [5.74, 6) is 0.646. The van der Waals surface area contributed by atoms with Crippen molar-refractivity contribution in [3.05, 3.63) is 5.89 Å². The lowest BCUT2D eigenvalue weighted by Gasteiger charge is -2.01. The topological polar surface area (TPSA) is 48.2 Å². The lowest BCUT2D eigenvalue weighted by atomic mass is 10.3. The Morgan fingerprint density at radius 2 is 2.17 bits per heavy atom. The first kappa shape index (κ1) is 9.03. The van der Waals surface area contributed by atoms with Gasteiger partial charge in [-0.1, -0.05) is 12.0 Å². The Morgan fingerprint density at radius 3 is 2.75 bits per heavy atom. The minimum absolute atomic E-state index is 0.0833. The molecule has 1 aromatic heterocycles. The normalized spacial score (nSPS) is 10.7. The highest BCUT2D eigenvalue weighted by Crippen LogP contribution is 2.10. The van der Waals surface area contributed by atoms with Crippen LogP contribution in [-0.2, 0) is 6.42 Å². The second kappa shape index (κ2) is 4.09. The van der Waals surface area contributed by atoms with E-state index in [-0.39, 0.29) is 12.2 Å². The van der Waals surface area contributed by atoms with Gasteiger partial charge in [-0.15, -0.1) is 5.10 Å². The van der Waals surface area contributed by atoms with Crippen molar-refractivity contribution in [2.75, 3.05) is 0 Å². The van der Waals surface area contributed by atoms with Crippen molar-refractivity contribution < 1.29 is 9.15 Å². The van der Waals surface area contributed by atoms with E-state index < -0.39 is 0 Å². The van der Waals surface area contributed by atoms with Gasteiger partial charge < -0.3 is 9.15 Å². The average molecular weight is 170 g/mol. The zero-order valence-corrected chi connectivity index (χ0v) is 7.70. The molecule has 0 aromatic carbocycles. The quantitative estimate of drug-likeness (QED) is 0.691. The molecule has 1 heterocycles. The van der Waals surface area contributed by atoms with Crippen LogP contribution in [0.5, 0.6) is 6.08 Å². The summed E-state index contributed by atoms with van der Waals surface area (Å²) in [4.78, 5) is 0. The monoisotopic (exact) mass is 170 g/mol. The van der Waals surface area contributed by atoms with Crippen molar-refractivity contribution in [2.24, 2.45) is 0 Å². The number of aromatic nitrogens is 2. The molecule has 1 aromatic rings. The highest BCUT2D eigenvalue weighted by atomic mass is 16.6. The molecular weight excluding hydrogens is 156 g/mol. The molecule has 0 saturated heterocycles. The first-order valence-electron chi connectivity index (χ1n) is 4.21. The number of rotatable bonds is 4. The molecular formula is C8H14N2O2. The fourth-order valence-electron chi connectivity index (χ4n) is 0.802. The van der Waals surface area contributed by atoms with E-state index in [0.29, 0.717) is 5.89 Å².